The standard InChI is InChI=1S/C29H31F2N3O2/c1-36-27-4-2-3-21-13-14-32(19-26(21)27)20-28(35)33-15-17-34(18-16-33)29(22-5-9-24(30)10-6-22)23-7-11-25(31)12-8-23/h2-12,29H,13-20H2,1H3. The highest BCUT2D eigenvalue weighted by Gasteiger charge is 2.30. The Hall–Kier alpha value is -3.29. The van der Waals surface area contributed by atoms with Gasteiger partial charge in [-0.05, 0) is 53.4 Å². The molecule has 0 radical (unpaired) electrons. The van der Waals surface area contributed by atoms with Crippen LogP contribution in [0.5, 0.6) is 5.75 Å². The van der Waals surface area contributed by atoms with Gasteiger partial charge in [0.2, 0.25) is 5.91 Å². The lowest BCUT2D eigenvalue weighted by Crippen LogP contribution is -2.52. The SMILES string of the molecule is COc1cccc2c1CN(CC(=O)N1CCN(C(c3ccc(F)cc3)c3ccc(F)cc3)CC1)CC2. The summed E-state index contributed by atoms with van der Waals surface area (Å²) in [6.45, 7) is 4.54. The van der Waals surface area contributed by atoms with Crippen LogP contribution in [0.3, 0.4) is 0 Å². The third kappa shape index (κ3) is 5.27. The number of benzene rings is 3. The second-order valence-corrected chi connectivity index (χ2v) is 9.48. The first-order chi connectivity index (χ1) is 17.5. The van der Waals surface area contributed by atoms with E-state index in [2.05, 4.69) is 15.9 Å². The van der Waals surface area contributed by atoms with Gasteiger partial charge in [0.15, 0.2) is 0 Å². The predicted molar refractivity (Wildman–Crippen MR) is 135 cm³/mol. The molecule has 0 spiro atoms. The molecule has 0 aliphatic carbocycles. The zero-order valence-electron chi connectivity index (χ0n) is 20.5. The normalized spacial score (nSPS) is 16.7. The van der Waals surface area contributed by atoms with Crippen LogP contribution in [0.1, 0.15) is 28.3 Å². The summed E-state index contributed by atoms with van der Waals surface area (Å²) in [7, 11) is 1.68. The van der Waals surface area contributed by atoms with Crippen molar-refractivity contribution < 1.29 is 18.3 Å². The van der Waals surface area contributed by atoms with E-state index in [0.717, 1.165) is 29.8 Å². The zero-order chi connectivity index (χ0) is 25.1. The smallest absolute Gasteiger partial charge is 0.236 e. The average Bonchev–Trinajstić information content (AvgIpc) is 2.91. The van der Waals surface area contributed by atoms with Gasteiger partial charge in [-0.25, -0.2) is 8.78 Å². The maximum atomic E-state index is 13.6. The van der Waals surface area contributed by atoms with Gasteiger partial charge in [-0.3, -0.25) is 14.6 Å². The lowest BCUT2D eigenvalue weighted by atomic mass is 9.96. The van der Waals surface area contributed by atoms with Crippen molar-refractivity contribution in [2.75, 3.05) is 46.4 Å². The Bertz CT molecular complexity index is 1130. The summed E-state index contributed by atoms with van der Waals surface area (Å²) in [6, 6.07) is 18.9. The van der Waals surface area contributed by atoms with Crippen molar-refractivity contribution in [3.05, 3.63) is 101 Å². The maximum Gasteiger partial charge on any atom is 0.236 e. The van der Waals surface area contributed by atoms with Crippen LogP contribution in [0.2, 0.25) is 0 Å². The number of carbonyl (C=O) groups is 1. The molecule has 2 aliphatic heterocycles. The molecular weight excluding hydrogens is 460 g/mol. The number of hydrogen-bond donors (Lipinski definition) is 0. The maximum absolute atomic E-state index is 13.6. The van der Waals surface area contributed by atoms with Gasteiger partial charge in [0.05, 0.1) is 19.7 Å². The van der Waals surface area contributed by atoms with Crippen molar-refractivity contribution in [3.8, 4) is 5.75 Å². The molecule has 5 rings (SSSR count). The van der Waals surface area contributed by atoms with Crippen LogP contribution in [0.4, 0.5) is 8.78 Å². The summed E-state index contributed by atoms with van der Waals surface area (Å²) < 4.78 is 32.7. The van der Waals surface area contributed by atoms with Gasteiger partial charge in [0.25, 0.3) is 0 Å². The van der Waals surface area contributed by atoms with E-state index in [0.29, 0.717) is 39.3 Å². The second-order valence-electron chi connectivity index (χ2n) is 9.48. The molecule has 7 heteroatoms. The van der Waals surface area contributed by atoms with E-state index in [-0.39, 0.29) is 23.6 Å². The Morgan fingerprint density at radius 3 is 2.06 bits per heavy atom. The van der Waals surface area contributed by atoms with Crippen molar-refractivity contribution in [1.29, 1.82) is 0 Å². The van der Waals surface area contributed by atoms with Crippen LogP contribution >= 0.6 is 0 Å². The first-order valence-electron chi connectivity index (χ1n) is 12.4. The monoisotopic (exact) mass is 491 g/mol. The molecule has 0 bridgehead atoms. The molecule has 3 aromatic carbocycles. The number of carbonyl (C=O) groups excluding carboxylic acids is 1. The quantitative estimate of drug-likeness (QED) is 0.516. The fourth-order valence-corrected chi connectivity index (χ4v) is 5.36. The van der Waals surface area contributed by atoms with Crippen LogP contribution in [-0.2, 0) is 17.8 Å². The molecule has 1 amide bonds. The lowest BCUT2D eigenvalue weighted by molar-refractivity contribution is -0.134. The minimum absolute atomic E-state index is 0.130. The highest BCUT2D eigenvalue weighted by atomic mass is 19.1. The highest BCUT2D eigenvalue weighted by molar-refractivity contribution is 5.78. The van der Waals surface area contributed by atoms with Crippen LogP contribution in [-0.4, -0.2) is 67.0 Å². The van der Waals surface area contributed by atoms with Crippen molar-refractivity contribution in [2.45, 2.75) is 19.0 Å². The van der Waals surface area contributed by atoms with Gasteiger partial charge < -0.3 is 9.64 Å². The van der Waals surface area contributed by atoms with Gasteiger partial charge in [-0.2, -0.15) is 0 Å². The Morgan fingerprint density at radius 1 is 0.861 bits per heavy atom. The summed E-state index contributed by atoms with van der Waals surface area (Å²) in [4.78, 5) is 19.6. The molecule has 3 aromatic rings. The van der Waals surface area contributed by atoms with Gasteiger partial charge in [0.1, 0.15) is 17.4 Å². The number of methoxy groups -OCH3 is 1. The molecular formula is C29H31F2N3O2. The van der Waals surface area contributed by atoms with E-state index in [1.165, 1.54) is 35.4 Å². The molecule has 2 aliphatic rings. The van der Waals surface area contributed by atoms with Gasteiger partial charge in [-0.15, -0.1) is 0 Å². The first-order valence-corrected chi connectivity index (χ1v) is 12.4. The molecule has 5 nitrogen and oxygen atoms in total. The van der Waals surface area contributed by atoms with Gasteiger partial charge in [-0.1, -0.05) is 36.4 Å². The first kappa shape index (κ1) is 24.4. The molecule has 0 unspecified atom stereocenters. The number of fused-ring (bicyclic) bond motifs is 1. The molecule has 0 N–H and O–H groups in total. The second kappa shape index (κ2) is 10.8. The number of hydrogen-bond acceptors (Lipinski definition) is 4. The van der Waals surface area contributed by atoms with Crippen LogP contribution in [0.15, 0.2) is 66.7 Å². The minimum Gasteiger partial charge on any atom is -0.496 e. The Morgan fingerprint density at radius 2 is 1.47 bits per heavy atom. The van der Waals surface area contributed by atoms with Crippen molar-refractivity contribution >= 4 is 5.91 Å². The van der Waals surface area contributed by atoms with E-state index in [1.54, 1.807) is 31.4 Å². The van der Waals surface area contributed by atoms with Crippen molar-refractivity contribution in [1.82, 2.24) is 14.7 Å². The molecule has 188 valence electrons. The van der Waals surface area contributed by atoms with E-state index in [1.807, 2.05) is 17.0 Å². The van der Waals surface area contributed by atoms with E-state index in [9.17, 15) is 13.6 Å². The number of rotatable bonds is 6. The topological polar surface area (TPSA) is 36.0 Å². The summed E-state index contributed by atoms with van der Waals surface area (Å²) in [5.41, 5.74) is 4.36. The fraction of sp³-hybridized carbons (Fsp3) is 0.345. The van der Waals surface area contributed by atoms with Crippen molar-refractivity contribution in [2.24, 2.45) is 0 Å². The number of halogens is 2. The van der Waals surface area contributed by atoms with E-state index < -0.39 is 0 Å². The third-order valence-electron chi connectivity index (χ3n) is 7.29. The molecule has 0 saturated carbocycles. The molecule has 2 heterocycles. The van der Waals surface area contributed by atoms with Crippen LogP contribution in [0, 0.1) is 11.6 Å². The molecule has 1 saturated heterocycles. The summed E-state index contributed by atoms with van der Waals surface area (Å²) >= 11 is 0. The fourth-order valence-electron chi connectivity index (χ4n) is 5.36. The minimum atomic E-state index is -0.287. The lowest BCUT2D eigenvalue weighted by Gasteiger charge is -2.40. The van der Waals surface area contributed by atoms with Gasteiger partial charge >= 0.3 is 0 Å². The number of piperazine rings is 1. The highest BCUT2D eigenvalue weighted by Crippen LogP contribution is 2.31. The summed E-state index contributed by atoms with van der Waals surface area (Å²) in [5.74, 6) is 0.439. The number of nitrogens with zero attached hydrogens (tertiary/aromatic N) is 3. The molecule has 0 aromatic heterocycles. The van der Waals surface area contributed by atoms with Gasteiger partial charge in [0, 0.05) is 44.8 Å². The summed E-state index contributed by atoms with van der Waals surface area (Å²) in [6.07, 6.45) is 0.907. The average molecular weight is 492 g/mol. The number of amides is 1. The molecule has 1 fully saturated rings. The predicted octanol–water partition coefficient (Wildman–Crippen LogP) is 4.27. The van der Waals surface area contributed by atoms with E-state index in [4.69, 9.17) is 4.74 Å². The van der Waals surface area contributed by atoms with Crippen LogP contribution in [0.25, 0.3) is 0 Å². The zero-order valence-corrected chi connectivity index (χ0v) is 20.5. The summed E-state index contributed by atoms with van der Waals surface area (Å²) in [5, 5.41) is 0. The molecule has 36 heavy (non-hydrogen) atoms. The number of ether oxygens (including phenoxy) is 1. The van der Waals surface area contributed by atoms with Crippen molar-refractivity contribution in [3.63, 3.8) is 0 Å². The third-order valence-corrected chi connectivity index (χ3v) is 7.29. The van der Waals surface area contributed by atoms with Crippen LogP contribution < -0.4 is 4.74 Å². The Labute approximate surface area is 210 Å². The van der Waals surface area contributed by atoms with E-state index >= 15 is 0 Å². The Kier molecular flexibility index (Phi) is 7.30. The largest absolute Gasteiger partial charge is 0.496 e. The molecule has 0 atom stereocenters. The Balaban J connectivity index is 1.24.